The van der Waals surface area contributed by atoms with Crippen LogP contribution in [0.4, 0.5) is 14.5 Å². The van der Waals surface area contributed by atoms with Gasteiger partial charge in [-0.25, -0.2) is 8.78 Å². The molecule has 0 saturated carbocycles. The van der Waals surface area contributed by atoms with Gasteiger partial charge in [-0.3, -0.25) is 9.59 Å². The Labute approximate surface area is 124 Å². The molecule has 2 amide bonds. The number of nitrogens with one attached hydrogen (secondary N) is 1. The number of carbonyl (C=O) groups is 2. The molecule has 2 fully saturated rings. The Morgan fingerprint density at radius 1 is 1.48 bits per heavy atom. The van der Waals surface area contributed by atoms with Gasteiger partial charge >= 0.3 is 0 Å². The molecule has 0 spiro atoms. The van der Waals surface area contributed by atoms with Crippen LogP contribution in [-0.4, -0.2) is 33.4 Å². The van der Waals surface area contributed by atoms with E-state index in [1.807, 2.05) is 6.92 Å². The molecule has 0 radical (unpaired) electrons. The monoisotopic (exact) mass is 312 g/mol. The van der Waals surface area contributed by atoms with Gasteiger partial charge < -0.3 is 10.2 Å². The predicted octanol–water partition coefficient (Wildman–Crippen LogP) is 2.36. The van der Waals surface area contributed by atoms with Crippen molar-refractivity contribution in [2.75, 3.05) is 11.1 Å². The molecule has 0 unspecified atom stereocenters. The molecule has 0 bridgehead atoms. The van der Waals surface area contributed by atoms with Crippen LogP contribution in [0, 0.1) is 11.6 Å². The van der Waals surface area contributed by atoms with Gasteiger partial charge in [-0.2, -0.15) is 0 Å². The summed E-state index contributed by atoms with van der Waals surface area (Å²) in [7, 11) is 0. The minimum atomic E-state index is -0.703. The molecule has 7 heteroatoms. The fourth-order valence-electron chi connectivity index (χ4n) is 2.82. The van der Waals surface area contributed by atoms with Crippen molar-refractivity contribution in [3.63, 3.8) is 0 Å². The van der Waals surface area contributed by atoms with Gasteiger partial charge in [0.15, 0.2) is 0 Å². The minimum Gasteiger partial charge on any atom is -0.322 e. The van der Waals surface area contributed by atoms with Crippen molar-refractivity contribution in [2.45, 2.75) is 30.7 Å². The third-order valence-electron chi connectivity index (χ3n) is 3.93. The van der Waals surface area contributed by atoms with Crippen LogP contribution in [0.15, 0.2) is 18.2 Å². The lowest BCUT2D eigenvalue weighted by molar-refractivity contribution is -0.135. The number of halogens is 2. The quantitative estimate of drug-likeness (QED) is 0.912. The van der Waals surface area contributed by atoms with Crippen LogP contribution in [0.25, 0.3) is 0 Å². The van der Waals surface area contributed by atoms with E-state index in [4.69, 9.17) is 0 Å². The number of anilines is 1. The first kappa shape index (κ1) is 14.3. The van der Waals surface area contributed by atoms with Crippen molar-refractivity contribution in [3.8, 4) is 0 Å². The van der Waals surface area contributed by atoms with Gasteiger partial charge in [0.2, 0.25) is 11.8 Å². The SMILES string of the molecule is C[C@]12CCC(=O)N1[C@@H](C(=O)Nc1cc(F)ccc1F)CS2. The largest absolute Gasteiger partial charge is 0.322 e. The van der Waals surface area contributed by atoms with E-state index in [0.717, 1.165) is 18.2 Å². The molecule has 1 N–H and O–H groups in total. The summed E-state index contributed by atoms with van der Waals surface area (Å²) < 4.78 is 26.7. The molecule has 21 heavy (non-hydrogen) atoms. The van der Waals surface area contributed by atoms with Gasteiger partial charge in [0.1, 0.15) is 17.7 Å². The first-order valence-corrected chi connectivity index (χ1v) is 7.61. The maximum Gasteiger partial charge on any atom is 0.248 e. The third kappa shape index (κ3) is 2.39. The highest BCUT2D eigenvalue weighted by Gasteiger charge is 2.52. The normalized spacial score (nSPS) is 27.9. The summed E-state index contributed by atoms with van der Waals surface area (Å²) in [5.41, 5.74) is -0.203. The number of amides is 2. The Morgan fingerprint density at radius 2 is 2.24 bits per heavy atom. The van der Waals surface area contributed by atoms with Crippen LogP contribution < -0.4 is 5.32 Å². The second kappa shape index (κ2) is 4.98. The van der Waals surface area contributed by atoms with E-state index in [-0.39, 0.29) is 16.5 Å². The van der Waals surface area contributed by atoms with Crippen LogP contribution >= 0.6 is 11.8 Å². The first-order chi connectivity index (χ1) is 9.90. The van der Waals surface area contributed by atoms with E-state index >= 15 is 0 Å². The molecular weight excluding hydrogens is 298 g/mol. The Hall–Kier alpha value is -1.63. The fraction of sp³-hybridized carbons (Fsp3) is 0.429. The molecule has 4 nitrogen and oxygen atoms in total. The Balaban J connectivity index is 1.80. The summed E-state index contributed by atoms with van der Waals surface area (Å²) in [6, 6.07) is 2.23. The van der Waals surface area contributed by atoms with Crippen molar-refractivity contribution in [2.24, 2.45) is 0 Å². The minimum absolute atomic E-state index is 0.0673. The molecule has 1 aromatic carbocycles. The van der Waals surface area contributed by atoms with E-state index in [1.54, 1.807) is 16.7 Å². The van der Waals surface area contributed by atoms with Gasteiger partial charge in [0.05, 0.1) is 10.6 Å². The molecule has 2 aliphatic heterocycles. The summed E-state index contributed by atoms with van der Waals surface area (Å²) in [6.07, 6.45) is 1.12. The highest BCUT2D eigenvalue weighted by molar-refractivity contribution is 8.01. The molecule has 0 aromatic heterocycles. The number of carbonyl (C=O) groups excluding carboxylic acids is 2. The number of thioether (sulfide) groups is 1. The van der Waals surface area contributed by atoms with Crippen molar-refractivity contribution in [1.29, 1.82) is 0 Å². The molecule has 2 aliphatic rings. The second-order valence-electron chi connectivity index (χ2n) is 5.38. The van der Waals surface area contributed by atoms with E-state index in [2.05, 4.69) is 5.32 Å². The maximum atomic E-state index is 13.6. The lowest BCUT2D eigenvalue weighted by Gasteiger charge is -2.29. The summed E-state index contributed by atoms with van der Waals surface area (Å²) in [4.78, 5) is 25.5. The predicted molar refractivity (Wildman–Crippen MR) is 75.7 cm³/mol. The highest BCUT2D eigenvalue weighted by Crippen LogP contribution is 2.47. The van der Waals surface area contributed by atoms with Crippen LogP contribution in [0.3, 0.4) is 0 Å². The van der Waals surface area contributed by atoms with E-state index in [9.17, 15) is 18.4 Å². The summed E-state index contributed by atoms with van der Waals surface area (Å²) in [5.74, 6) is -1.42. The number of fused-ring (bicyclic) bond motifs is 1. The summed E-state index contributed by atoms with van der Waals surface area (Å²) in [5, 5.41) is 2.38. The Bertz CT molecular complexity index is 625. The van der Waals surface area contributed by atoms with Crippen LogP contribution in [0.2, 0.25) is 0 Å². The standard InChI is InChI=1S/C14H14F2N2O2S/c1-14-5-4-12(19)18(14)11(7-21-14)13(20)17-10-6-8(15)2-3-9(10)16/h2-3,6,11H,4-5,7H2,1H3,(H,17,20)/t11-,14+/m1/s1. The summed E-state index contributed by atoms with van der Waals surface area (Å²) in [6.45, 7) is 1.93. The molecule has 0 aliphatic carbocycles. The van der Waals surface area contributed by atoms with Crippen LogP contribution in [-0.2, 0) is 9.59 Å². The van der Waals surface area contributed by atoms with Crippen molar-refractivity contribution in [3.05, 3.63) is 29.8 Å². The van der Waals surface area contributed by atoms with Crippen molar-refractivity contribution < 1.29 is 18.4 Å². The summed E-state index contributed by atoms with van der Waals surface area (Å²) >= 11 is 1.55. The number of hydrogen-bond donors (Lipinski definition) is 1. The fourth-order valence-corrected chi connectivity index (χ4v) is 4.26. The lowest BCUT2D eigenvalue weighted by atomic mass is 10.2. The van der Waals surface area contributed by atoms with E-state index < -0.39 is 23.6 Å². The van der Waals surface area contributed by atoms with Crippen LogP contribution in [0.5, 0.6) is 0 Å². The topological polar surface area (TPSA) is 49.4 Å². The molecule has 2 saturated heterocycles. The van der Waals surface area contributed by atoms with Crippen LogP contribution in [0.1, 0.15) is 19.8 Å². The molecule has 3 rings (SSSR count). The number of nitrogens with zero attached hydrogens (tertiary/aromatic N) is 1. The first-order valence-electron chi connectivity index (χ1n) is 6.63. The van der Waals surface area contributed by atoms with Crippen molar-refractivity contribution in [1.82, 2.24) is 4.90 Å². The number of benzene rings is 1. The van der Waals surface area contributed by atoms with Gasteiger partial charge in [0.25, 0.3) is 0 Å². The molecule has 1 aromatic rings. The van der Waals surface area contributed by atoms with Crippen molar-refractivity contribution >= 4 is 29.3 Å². The Morgan fingerprint density at radius 3 is 3.00 bits per heavy atom. The maximum absolute atomic E-state index is 13.6. The number of hydrogen-bond acceptors (Lipinski definition) is 3. The zero-order valence-corrected chi connectivity index (χ0v) is 12.2. The molecular formula is C14H14F2N2O2S. The Kier molecular flexibility index (Phi) is 3.39. The van der Waals surface area contributed by atoms with E-state index in [1.165, 1.54) is 0 Å². The highest BCUT2D eigenvalue weighted by atomic mass is 32.2. The van der Waals surface area contributed by atoms with Gasteiger partial charge in [0, 0.05) is 18.2 Å². The average Bonchev–Trinajstić information content (AvgIpc) is 2.91. The number of rotatable bonds is 2. The molecule has 112 valence electrons. The van der Waals surface area contributed by atoms with Gasteiger partial charge in [-0.15, -0.1) is 11.8 Å². The molecule has 2 atom stereocenters. The van der Waals surface area contributed by atoms with Gasteiger partial charge in [-0.1, -0.05) is 0 Å². The second-order valence-corrected chi connectivity index (χ2v) is 6.88. The zero-order valence-electron chi connectivity index (χ0n) is 11.4. The third-order valence-corrected chi connectivity index (χ3v) is 5.44. The smallest absolute Gasteiger partial charge is 0.248 e. The van der Waals surface area contributed by atoms with E-state index in [0.29, 0.717) is 18.6 Å². The zero-order chi connectivity index (χ0) is 15.2. The lowest BCUT2D eigenvalue weighted by Crippen LogP contribution is -2.48. The van der Waals surface area contributed by atoms with Gasteiger partial charge in [-0.05, 0) is 25.5 Å². The average molecular weight is 312 g/mol. The molecule has 2 heterocycles.